The number of hydrogen-bond acceptors (Lipinski definition) is 5. The lowest BCUT2D eigenvalue weighted by Crippen LogP contribution is -2.42. The summed E-state index contributed by atoms with van der Waals surface area (Å²) in [4.78, 5) is 35.9. The Kier molecular flexibility index (Phi) is 8.58. The number of rotatable bonds is 12. The smallest absolute Gasteiger partial charge is 0.262 e. The SMILES string of the molecule is CCCCCC(=O)NCc1ccc(CN2C(=O)C(CCCC)(c3cccnc3)N=C2N)cc1. The number of aromatic nitrogens is 1. The van der Waals surface area contributed by atoms with E-state index in [1.165, 1.54) is 0 Å². The van der Waals surface area contributed by atoms with Crippen molar-refractivity contribution in [1.29, 1.82) is 0 Å². The number of hydrogen-bond donors (Lipinski definition) is 2. The molecule has 7 heteroatoms. The lowest BCUT2D eigenvalue weighted by atomic mass is 9.86. The van der Waals surface area contributed by atoms with Crippen LogP contribution in [0.25, 0.3) is 0 Å². The predicted molar refractivity (Wildman–Crippen MR) is 130 cm³/mol. The summed E-state index contributed by atoms with van der Waals surface area (Å²) in [5, 5.41) is 2.96. The summed E-state index contributed by atoms with van der Waals surface area (Å²) >= 11 is 0. The van der Waals surface area contributed by atoms with Gasteiger partial charge in [-0.05, 0) is 30.0 Å². The van der Waals surface area contributed by atoms with E-state index in [-0.39, 0.29) is 17.8 Å². The van der Waals surface area contributed by atoms with Gasteiger partial charge in [0.05, 0.1) is 6.54 Å². The molecule has 1 aromatic carbocycles. The van der Waals surface area contributed by atoms with Crippen molar-refractivity contribution in [3.8, 4) is 0 Å². The number of amides is 2. The van der Waals surface area contributed by atoms with E-state index < -0.39 is 5.54 Å². The summed E-state index contributed by atoms with van der Waals surface area (Å²) in [5.74, 6) is 0.214. The van der Waals surface area contributed by atoms with E-state index in [0.29, 0.717) is 25.9 Å². The van der Waals surface area contributed by atoms with Crippen LogP contribution >= 0.6 is 0 Å². The van der Waals surface area contributed by atoms with Crippen LogP contribution in [0.1, 0.15) is 75.5 Å². The largest absolute Gasteiger partial charge is 0.369 e. The van der Waals surface area contributed by atoms with Gasteiger partial charge in [0.2, 0.25) is 5.91 Å². The quantitative estimate of drug-likeness (QED) is 0.478. The van der Waals surface area contributed by atoms with E-state index in [9.17, 15) is 9.59 Å². The van der Waals surface area contributed by atoms with E-state index in [2.05, 4.69) is 29.1 Å². The van der Waals surface area contributed by atoms with Gasteiger partial charge in [-0.1, -0.05) is 69.9 Å². The van der Waals surface area contributed by atoms with Crippen LogP contribution in [-0.4, -0.2) is 27.7 Å². The zero-order valence-electron chi connectivity index (χ0n) is 19.7. The summed E-state index contributed by atoms with van der Waals surface area (Å²) in [6, 6.07) is 11.6. The molecule has 176 valence electrons. The number of unbranched alkanes of at least 4 members (excludes halogenated alkanes) is 3. The van der Waals surface area contributed by atoms with E-state index >= 15 is 0 Å². The molecule has 1 aliphatic rings. The van der Waals surface area contributed by atoms with Crippen LogP contribution in [0.2, 0.25) is 0 Å². The normalized spacial score (nSPS) is 17.8. The highest BCUT2D eigenvalue weighted by Gasteiger charge is 2.48. The van der Waals surface area contributed by atoms with Crippen molar-refractivity contribution in [1.82, 2.24) is 15.2 Å². The molecule has 1 unspecified atom stereocenters. The predicted octanol–water partition coefficient (Wildman–Crippen LogP) is 4.02. The minimum absolute atomic E-state index is 0.0815. The number of carbonyl (C=O) groups is 2. The maximum atomic E-state index is 13.6. The van der Waals surface area contributed by atoms with Gasteiger partial charge in [-0.15, -0.1) is 0 Å². The molecule has 1 atom stereocenters. The van der Waals surface area contributed by atoms with Crippen molar-refractivity contribution >= 4 is 17.8 Å². The molecular formula is C26H35N5O2. The van der Waals surface area contributed by atoms with Gasteiger partial charge in [0.1, 0.15) is 0 Å². The lowest BCUT2D eigenvalue weighted by molar-refractivity contribution is -0.132. The van der Waals surface area contributed by atoms with E-state index in [0.717, 1.165) is 48.8 Å². The number of carbonyl (C=O) groups excluding carboxylic acids is 2. The third kappa shape index (κ3) is 5.97. The van der Waals surface area contributed by atoms with Gasteiger partial charge < -0.3 is 11.1 Å². The third-order valence-corrected chi connectivity index (χ3v) is 6.07. The molecule has 3 N–H and O–H groups in total. The first kappa shape index (κ1) is 24.4. The Labute approximate surface area is 196 Å². The van der Waals surface area contributed by atoms with E-state index in [4.69, 9.17) is 5.73 Å². The molecule has 0 fully saturated rings. The van der Waals surface area contributed by atoms with Crippen molar-refractivity contribution in [3.63, 3.8) is 0 Å². The number of nitrogens with two attached hydrogens (primary N) is 1. The fourth-order valence-corrected chi connectivity index (χ4v) is 4.09. The Morgan fingerprint density at radius 2 is 1.79 bits per heavy atom. The van der Waals surface area contributed by atoms with Crippen LogP contribution in [0, 0.1) is 0 Å². The zero-order valence-corrected chi connectivity index (χ0v) is 19.7. The molecule has 0 aliphatic carbocycles. The topological polar surface area (TPSA) is 101 Å². The highest BCUT2D eigenvalue weighted by Crippen LogP contribution is 2.38. The van der Waals surface area contributed by atoms with Crippen molar-refractivity contribution in [2.75, 3.05) is 0 Å². The molecule has 2 aromatic rings. The van der Waals surface area contributed by atoms with Gasteiger partial charge in [-0.3, -0.25) is 19.5 Å². The van der Waals surface area contributed by atoms with Crippen LogP contribution < -0.4 is 11.1 Å². The van der Waals surface area contributed by atoms with Gasteiger partial charge in [0.25, 0.3) is 5.91 Å². The molecule has 0 radical (unpaired) electrons. The molecule has 33 heavy (non-hydrogen) atoms. The standard InChI is InChI=1S/C26H35N5O2/c1-3-5-7-10-23(32)29-17-20-11-13-21(14-12-20)19-31-24(33)26(15-6-4-2,30-25(31)27)22-9-8-16-28-18-22/h8-9,11-14,16,18H,3-7,10,15,17,19H2,1-2H3,(H2,27,30)(H,29,32). The van der Waals surface area contributed by atoms with Gasteiger partial charge in [0, 0.05) is 30.9 Å². The highest BCUT2D eigenvalue weighted by atomic mass is 16.2. The second-order valence-corrected chi connectivity index (χ2v) is 8.62. The van der Waals surface area contributed by atoms with Crippen molar-refractivity contribution in [2.45, 2.75) is 77.4 Å². The minimum atomic E-state index is -1.00. The Morgan fingerprint density at radius 3 is 2.45 bits per heavy atom. The first-order valence-corrected chi connectivity index (χ1v) is 11.9. The summed E-state index contributed by atoms with van der Waals surface area (Å²) < 4.78 is 0. The monoisotopic (exact) mass is 449 g/mol. The van der Waals surface area contributed by atoms with Crippen LogP contribution in [0.4, 0.5) is 0 Å². The van der Waals surface area contributed by atoms with Crippen LogP contribution in [0.3, 0.4) is 0 Å². The summed E-state index contributed by atoms with van der Waals surface area (Å²) in [5.41, 5.74) is 8.00. The van der Waals surface area contributed by atoms with Gasteiger partial charge >= 0.3 is 0 Å². The van der Waals surface area contributed by atoms with Crippen LogP contribution in [0.15, 0.2) is 53.8 Å². The summed E-state index contributed by atoms with van der Waals surface area (Å²) in [6.07, 6.45) is 9.49. The maximum absolute atomic E-state index is 13.6. The van der Waals surface area contributed by atoms with Crippen molar-refractivity contribution < 1.29 is 9.59 Å². The summed E-state index contributed by atoms with van der Waals surface area (Å²) in [6.45, 7) is 5.07. The number of nitrogens with zero attached hydrogens (tertiary/aromatic N) is 3. The first-order chi connectivity index (χ1) is 16.0. The number of aliphatic imine (C=N–C) groups is 1. The fourth-order valence-electron chi connectivity index (χ4n) is 4.09. The average molecular weight is 450 g/mol. The lowest BCUT2D eigenvalue weighted by Gasteiger charge is -2.26. The van der Waals surface area contributed by atoms with Crippen LogP contribution in [-0.2, 0) is 28.2 Å². The first-order valence-electron chi connectivity index (χ1n) is 11.9. The highest BCUT2D eigenvalue weighted by molar-refractivity contribution is 6.07. The van der Waals surface area contributed by atoms with Gasteiger partial charge in [0.15, 0.2) is 11.5 Å². The molecule has 0 bridgehead atoms. The van der Waals surface area contributed by atoms with Crippen molar-refractivity contribution in [3.05, 3.63) is 65.5 Å². The molecule has 0 spiro atoms. The van der Waals surface area contributed by atoms with E-state index in [1.807, 2.05) is 36.4 Å². The molecule has 2 amide bonds. The number of nitrogens with one attached hydrogen (secondary N) is 1. The average Bonchev–Trinajstić information content (AvgIpc) is 3.08. The molecule has 1 aromatic heterocycles. The maximum Gasteiger partial charge on any atom is 0.262 e. The Balaban J connectivity index is 1.65. The Bertz CT molecular complexity index is 958. The van der Waals surface area contributed by atoms with Crippen LogP contribution in [0.5, 0.6) is 0 Å². The molecule has 1 aliphatic heterocycles. The third-order valence-electron chi connectivity index (χ3n) is 6.07. The molecule has 3 rings (SSSR count). The van der Waals surface area contributed by atoms with Crippen molar-refractivity contribution in [2.24, 2.45) is 10.7 Å². The second kappa shape index (κ2) is 11.6. The number of guanidine groups is 1. The fraction of sp³-hybridized carbons (Fsp3) is 0.462. The molecule has 0 saturated carbocycles. The molecular weight excluding hydrogens is 414 g/mol. The summed E-state index contributed by atoms with van der Waals surface area (Å²) in [7, 11) is 0. The zero-order chi connectivity index (χ0) is 23.7. The molecule has 7 nitrogen and oxygen atoms in total. The Hall–Kier alpha value is -3.22. The van der Waals surface area contributed by atoms with Gasteiger partial charge in [-0.2, -0.15) is 0 Å². The molecule has 0 saturated heterocycles. The minimum Gasteiger partial charge on any atom is -0.369 e. The number of benzene rings is 1. The molecule has 2 heterocycles. The Morgan fingerprint density at radius 1 is 1.06 bits per heavy atom. The van der Waals surface area contributed by atoms with E-state index in [1.54, 1.807) is 17.3 Å². The van der Waals surface area contributed by atoms with Gasteiger partial charge in [-0.25, -0.2) is 4.99 Å². The number of pyridine rings is 1. The second-order valence-electron chi connectivity index (χ2n) is 8.62.